The van der Waals surface area contributed by atoms with E-state index < -0.39 is 0 Å². The molecule has 1 atom stereocenters. The molecule has 0 spiro atoms. The summed E-state index contributed by atoms with van der Waals surface area (Å²) < 4.78 is 20.2. The molecule has 1 aliphatic heterocycles. The van der Waals surface area contributed by atoms with Crippen LogP contribution in [0.4, 0.5) is 4.39 Å². The Labute approximate surface area is 150 Å². The molecule has 1 aromatic carbocycles. The number of rotatable bonds is 5. The number of nitrogens with zero attached hydrogens (tertiary/aromatic N) is 4. The van der Waals surface area contributed by atoms with Crippen molar-refractivity contribution in [3.8, 4) is 0 Å². The molecular formula is C18H21FN4O3. The zero-order valence-corrected chi connectivity index (χ0v) is 14.6. The van der Waals surface area contributed by atoms with Crippen LogP contribution in [0.3, 0.4) is 0 Å². The number of piperidine rings is 1. The highest BCUT2D eigenvalue weighted by Crippen LogP contribution is 2.19. The van der Waals surface area contributed by atoms with E-state index in [-0.39, 0.29) is 35.9 Å². The fourth-order valence-electron chi connectivity index (χ4n) is 3.05. The third-order valence-electron chi connectivity index (χ3n) is 4.38. The van der Waals surface area contributed by atoms with Gasteiger partial charge in [-0.3, -0.25) is 9.59 Å². The predicted octanol–water partition coefficient (Wildman–Crippen LogP) is 1.88. The molecular weight excluding hydrogens is 339 g/mol. The summed E-state index contributed by atoms with van der Waals surface area (Å²) in [5.41, 5.74) is 0.655. The van der Waals surface area contributed by atoms with E-state index in [4.69, 9.17) is 4.74 Å². The fourth-order valence-corrected chi connectivity index (χ4v) is 3.05. The summed E-state index contributed by atoms with van der Waals surface area (Å²) in [6.45, 7) is 3.16. The van der Waals surface area contributed by atoms with Crippen molar-refractivity contribution in [3.63, 3.8) is 0 Å². The van der Waals surface area contributed by atoms with Gasteiger partial charge in [-0.05, 0) is 25.8 Å². The Morgan fingerprint density at radius 2 is 2.15 bits per heavy atom. The first-order valence-corrected chi connectivity index (χ1v) is 8.68. The Kier molecular flexibility index (Phi) is 5.60. The number of aromatic nitrogens is 3. The van der Waals surface area contributed by atoms with Crippen LogP contribution in [0.15, 0.2) is 30.5 Å². The first-order chi connectivity index (χ1) is 12.6. The first kappa shape index (κ1) is 18.0. The molecule has 138 valence electrons. The minimum Gasteiger partial charge on any atom is -0.466 e. The van der Waals surface area contributed by atoms with E-state index in [1.54, 1.807) is 30.0 Å². The lowest BCUT2D eigenvalue weighted by Gasteiger charge is -2.30. The van der Waals surface area contributed by atoms with Gasteiger partial charge in [-0.2, -0.15) is 0 Å². The largest absolute Gasteiger partial charge is 0.466 e. The van der Waals surface area contributed by atoms with Crippen molar-refractivity contribution in [2.75, 3.05) is 19.7 Å². The molecule has 2 aromatic rings. The highest BCUT2D eigenvalue weighted by Gasteiger charge is 2.30. The Bertz CT molecular complexity index is 792. The molecule has 1 amide bonds. The van der Waals surface area contributed by atoms with Gasteiger partial charge in [0.05, 0.1) is 25.3 Å². The summed E-state index contributed by atoms with van der Waals surface area (Å²) in [6.07, 6.45) is 2.95. The van der Waals surface area contributed by atoms with E-state index in [0.717, 1.165) is 6.42 Å². The van der Waals surface area contributed by atoms with Gasteiger partial charge < -0.3 is 9.64 Å². The summed E-state index contributed by atoms with van der Waals surface area (Å²) in [4.78, 5) is 26.2. The molecule has 26 heavy (non-hydrogen) atoms. The lowest BCUT2D eigenvalue weighted by Crippen LogP contribution is -2.43. The van der Waals surface area contributed by atoms with Gasteiger partial charge in [0.1, 0.15) is 5.82 Å². The second-order valence-corrected chi connectivity index (χ2v) is 6.24. The smallest absolute Gasteiger partial charge is 0.310 e. The minimum absolute atomic E-state index is 0.186. The highest BCUT2D eigenvalue weighted by atomic mass is 19.1. The van der Waals surface area contributed by atoms with Gasteiger partial charge in [0.15, 0.2) is 5.69 Å². The molecule has 0 bridgehead atoms. The van der Waals surface area contributed by atoms with Crippen molar-refractivity contribution in [3.05, 3.63) is 47.5 Å². The van der Waals surface area contributed by atoms with Crippen molar-refractivity contribution >= 4 is 11.9 Å². The second-order valence-electron chi connectivity index (χ2n) is 6.24. The third-order valence-corrected chi connectivity index (χ3v) is 4.38. The van der Waals surface area contributed by atoms with Crippen LogP contribution in [0.2, 0.25) is 0 Å². The number of carbonyl (C=O) groups is 2. The van der Waals surface area contributed by atoms with Gasteiger partial charge in [0.25, 0.3) is 5.91 Å². The van der Waals surface area contributed by atoms with Crippen LogP contribution in [-0.2, 0) is 16.1 Å². The maximum atomic E-state index is 13.7. The van der Waals surface area contributed by atoms with Crippen LogP contribution in [0.1, 0.15) is 35.8 Å². The number of ether oxygens (including phenoxy) is 1. The van der Waals surface area contributed by atoms with Crippen molar-refractivity contribution < 1.29 is 18.7 Å². The number of likely N-dealkylation sites (tertiary alicyclic amines) is 1. The van der Waals surface area contributed by atoms with E-state index in [1.165, 1.54) is 16.9 Å². The maximum absolute atomic E-state index is 13.7. The average molecular weight is 360 g/mol. The Balaban J connectivity index is 1.66. The first-order valence-electron chi connectivity index (χ1n) is 8.68. The van der Waals surface area contributed by atoms with Gasteiger partial charge in [0, 0.05) is 18.7 Å². The van der Waals surface area contributed by atoms with Crippen molar-refractivity contribution in [2.45, 2.75) is 26.3 Å². The van der Waals surface area contributed by atoms with Crippen LogP contribution < -0.4 is 0 Å². The molecule has 0 N–H and O–H groups in total. The van der Waals surface area contributed by atoms with Crippen molar-refractivity contribution in [1.29, 1.82) is 0 Å². The van der Waals surface area contributed by atoms with E-state index in [1.807, 2.05) is 0 Å². The molecule has 1 saturated heterocycles. The summed E-state index contributed by atoms with van der Waals surface area (Å²) in [5, 5.41) is 7.82. The van der Waals surface area contributed by atoms with E-state index in [0.29, 0.717) is 31.7 Å². The van der Waals surface area contributed by atoms with Crippen molar-refractivity contribution in [1.82, 2.24) is 19.9 Å². The fraction of sp³-hybridized carbons (Fsp3) is 0.444. The van der Waals surface area contributed by atoms with Crippen LogP contribution in [0, 0.1) is 11.7 Å². The van der Waals surface area contributed by atoms with Crippen LogP contribution in [0.25, 0.3) is 0 Å². The average Bonchev–Trinajstić information content (AvgIpc) is 3.12. The summed E-state index contributed by atoms with van der Waals surface area (Å²) in [6, 6.07) is 6.39. The molecule has 3 rings (SSSR count). The molecule has 0 radical (unpaired) electrons. The molecule has 1 aromatic heterocycles. The molecule has 0 saturated carbocycles. The van der Waals surface area contributed by atoms with Crippen LogP contribution in [0.5, 0.6) is 0 Å². The second kappa shape index (κ2) is 8.07. The SMILES string of the molecule is CCOC(=O)[C@H]1CCCN(C(=O)c2cn(Cc3ccccc3F)nn2)C1. The molecule has 1 fully saturated rings. The van der Waals surface area contributed by atoms with E-state index in [9.17, 15) is 14.0 Å². The van der Waals surface area contributed by atoms with Gasteiger partial charge in [-0.1, -0.05) is 23.4 Å². The van der Waals surface area contributed by atoms with Gasteiger partial charge >= 0.3 is 5.97 Å². The summed E-state index contributed by atoms with van der Waals surface area (Å²) in [7, 11) is 0. The zero-order chi connectivity index (χ0) is 18.5. The Morgan fingerprint density at radius 1 is 1.35 bits per heavy atom. The quantitative estimate of drug-likeness (QED) is 0.761. The lowest BCUT2D eigenvalue weighted by molar-refractivity contribution is -0.149. The standard InChI is InChI=1S/C18H21FN4O3/c1-2-26-18(25)14-7-5-9-22(10-14)17(24)16-12-23(21-20-16)11-13-6-3-4-8-15(13)19/h3-4,6,8,12,14H,2,5,7,9-11H2,1H3/t14-/m0/s1. The predicted molar refractivity (Wildman–Crippen MR) is 90.8 cm³/mol. The number of halogens is 1. The van der Waals surface area contributed by atoms with Gasteiger partial charge in [0.2, 0.25) is 0 Å². The number of carbonyl (C=O) groups excluding carboxylic acids is 2. The minimum atomic E-state index is -0.329. The van der Waals surface area contributed by atoms with Crippen molar-refractivity contribution in [2.24, 2.45) is 5.92 Å². The molecule has 1 aliphatic rings. The van der Waals surface area contributed by atoms with E-state index >= 15 is 0 Å². The normalized spacial score (nSPS) is 17.2. The van der Waals surface area contributed by atoms with E-state index in [2.05, 4.69) is 10.3 Å². The van der Waals surface area contributed by atoms with Crippen LogP contribution >= 0.6 is 0 Å². The lowest BCUT2D eigenvalue weighted by atomic mass is 9.98. The molecule has 0 unspecified atom stereocenters. The molecule has 7 nitrogen and oxygen atoms in total. The van der Waals surface area contributed by atoms with Gasteiger partial charge in [-0.15, -0.1) is 5.10 Å². The maximum Gasteiger partial charge on any atom is 0.310 e. The molecule has 8 heteroatoms. The molecule has 0 aliphatic carbocycles. The molecule has 2 heterocycles. The highest BCUT2D eigenvalue weighted by molar-refractivity contribution is 5.92. The Morgan fingerprint density at radius 3 is 2.92 bits per heavy atom. The van der Waals surface area contributed by atoms with Crippen LogP contribution in [-0.4, -0.2) is 51.5 Å². The number of hydrogen-bond donors (Lipinski definition) is 0. The zero-order valence-electron chi connectivity index (χ0n) is 14.6. The number of amides is 1. The number of esters is 1. The topological polar surface area (TPSA) is 77.3 Å². The third kappa shape index (κ3) is 4.07. The number of hydrogen-bond acceptors (Lipinski definition) is 5. The number of benzene rings is 1. The monoisotopic (exact) mass is 360 g/mol. The summed E-state index contributed by atoms with van der Waals surface area (Å²) in [5.74, 6) is -1.18. The van der Waals surface area contributed by atoms with Gasteiger partial charge in [-0.25, -0.2) is 9.07 Å². The summed E-state index contributed by atoms with van der Waals surface area (Å²) >= 11 is 0. The Hall–Kier alpha value is -2.77.